The summed E-state index contributed by atoms with van der Waals surface area (Å²) in [5, 5.41) is 2.13. The van der Waals surface area contributed by atoms with Gasteiger partial charge in [-0.05, 0) is 62.6 Å². The average Bonchev–Trinajstić information content (AvgIpc) is 2.59. The van der Waals surface area contributed by atoms with Crippen molar-refractivity contribution in [3.05, 3.63) is 46.4 Å². The highest BCUT2D eigenvalue weighted by molar-refractivity contribution is 9.10. The zero-order valence-corrected chi connectivity index (χ0v) is 17.0. The number of halogens is 1. The van der Waals surface area contributed by atoms with Crippen molar-refractivity contribution in [3.63, 3.8) is 0 Å². The molecule has 2 aromatic carbocycles. The van der Waals surface area contributed by atoms with Gasteiger partial charge in [-0.1, -0.05) is 34.1 Å². The van der Waals surface area contributed by atoms with Gasteiger partial charge >= 0.3 is 6.09 Å². The molecule has 2 aromatic rings. The van der Waals surface area contributed by atoms with Gasteiger partial charge in [0.25, 0.3) is 0 Å². The Morgan fingerprint density at radius 2 is 1.81 bits per heavy atom. The highest BCUT2D eigenvalue weighted by atomic mass is 79.9. The summed E-state index contributed by atoms with van der Waals surface area (Å²) >= 11 is 3.47. The molecule has 1 aliphatic rings. The third-order valence-electron chi connectivity index (χ3n) is 4.53. The number of hydrogen-bond acceptors (Lipinski definition) is 3. The Balaban J connectivity index is 1.75. The van der Waals surface area contributed by atoms with Crippen LogP contribution in [-0.4, -0.2) is 35.5 Å². The van der Waals surface area contributed by atoms with Crippen molar-refractivity contribution in [2.75, 3.05) is 13.1 Å². The van der Waals surface area contributed by atoms with Crippen LogP contribution in [0, 0.1) is 5.92 Å². The van der Waals surface area contributed by atoms with Crippen LogP contribution in [0.15, 0.2) is 40.9 Å². The molecule has 0 spiro atoms. The van der Waals surface area contributed by atoms with E-state index in [0.717, 1.165) is 28.1 Å². The Hall–Kier alpha value is -1.88. The van der Waals surface area contributed by atoms with Crippen molar-refractivity contribution >= 4 is 38.6 Å². The molecule has 0 saturated carbocycles. The molecule has 3 rings (SSSR count). The third-order valence-corrected chi connectivity index (χ3v) is 5.02. The fraction of sp³-hybridized carbons (Fsp3) is 0.429. The first-order chi connectivity index (χ1) is 12.2. The van der Waals surface area contributed by atoms with Crippen molar-refractivity contribution in [2.24, 2.45) is 5.92 Å². The van der Waals surface area contributed by atoms with Gasteiger partial charge in [-0.15, -0.1) is 0 Å². The number of benzene rings is 2. The Morgan fingerprint density at radius 3 is 2.54 bits per heavy atom. The van der Waals surface area contributed by atoms with Crippen molar-refractivity contribution < 1.29 is 14.3 Å². The number of Topliss-reactive ketones (excluding diaryl/α,β-unsaturated/α-hetero) is 1. The molecule has 0 bridgehead atoms. The Morgan fingerprint density at radius 1 is 1.12 bits per heavy atom. The van der Waals surface area contributed by atoms with Crippen LogP contribution in [0.25, 0.3) is 10.8 Å². The first kappa shape index (κ1) is 18.9. The lowest BCUT2D eigenvalue weighted by atomic mass is 9.89. The summed E-state index contributed by atoms with van der Waals surface area (Å²) in [6.45, 7) is 6.62. The van der Waals surface area contributed by atoms with Crippen LogP contribution in [0.4, 0.5) is 4.79 Å². The molecule has 1 saturated heterocycles. The van der Waals surface area contributed by atoms with E-state index >= 15 is 0 Å². The lowest BCUT2D eigenvalue weighted by molar-refractivity contribution is 0.0172. The van der Waals surface area contributed by atoms with Crippen LogP contribution in [0.5, 0.6) is 0 Å². The number of carbonyl (C=O) groups is 2. The summed E-state index contributed by atoms with van der Waals surface area (Å²) in [6.07, 6.45) is 1.28. The zero-order chi connectivity index (χ0) is 18.9. The number of piperidine rings is 1. The highest BCUT2D eigenvalue weighted by Gasteiger charge is 2.31. The van der Waals surface area contributed by atoms with Gasteiger partial charge in [0.05, 0.1) is 0 Å². The van der Waals surface area contributed by atoms with E-state index in [1.54, 1.807) is 4.90 Å². The first-order valence-electron chi connectivity index (χ1n) is 8.94. The van der Waals surface area contributed by atoms with Crippen LogP contribution < -0.4 is 0 Å². The summed E-state index contributed by atoms with van der Waals surface area (Å²) in [6, 6.07) is 11.8. The Labute approximate surface area is 162 Å². The highest BCUT2D eigenvalue weighted by Crippen LogP contribution is 2.26. The molecule has 1 fully saturated rings. The Kier molecular flexibility index (Phi) is 5.37. The second-order valence-electron chi connectivity index (χ2n) is 7.84. The van der Waals surface area contributed by atoms with E-state index in [4.69, 9.17) is 4.74 Å². The minimum atomic E-state index is -0.527. The summed E-state index contributed by atoms with van der Waals surface area (Å²) in [5.41, 5.74) is 0.177. The minimum Gasteiger partial charge on any atom is -0.444 e. The molecule has 5 heteroatoms. The quantitative estimate of drug-likeness (QED) is 0.611. The number of amides is 1. The van der Waals surface area contributed by atoms with Crippen LogP contribution >= 0.6 is 15.9 Å². The molecule has 0 radical (unpaired) electrons. The maximum atomic E-state index is 13.0. The first-order valence-corrected chi connectivity index (χ1v) is 9.74. The molecule has 1 aliphatic heterocycles. The van der Waals surface area contributed by atoms with Gasteiger partial charge < -0.3 is 9.64 Å². The molecule has 1 unspecified atom stereocenters. The van der Waals surface area contributed by atoms with E-state index in [-0.39, 0.29) is 17.8 Å². The molecule has 0 aromatic heterocycles. The van der Waals surface area contributed by atoms with Gasteiger partial charge in [-0.3, -0.25) is 4.79 Å². The molecule has 0 N–H and O–H groups in total. The zero-order valence-electron chi connectivity index (χ0n) is 15.4. The van der Waals surface area contributed by atoms with E-state index in [2.05, 4.69) is 15.9 Å². The summed E-state index contributed by atoms with van der Waals surface area (Å²) in [4.78, 5) is 27.0. The molecule has 1 amide bonds. The SMILES string of the molecule is CC(C)(C)OC(=O)N1CCCC(C(=O)c2ccc3cc(Br)ccc3c2)C1. The number of nitrogens with zero attached hydrogens (tertiary/aromatic N) is 1. The topological polar surface area (TPSA) is 46.6 Å². The second-order valence-corrected chi connectivity index (χ2v) is 8.75. The lowest BCUT2D eigenvalue weighted by Crippen LogP contribution is -2.44. The van der Waals surface area contributed by atoms with Gasteiger partial charge in [0.15, 0.2) is 5.78 Å². The van der Waals surface area contributed by atoms with Gasteiger partial charge in [0.2, 0.25) is 0 Å². The predicted molar refractivity (Wildman–Crippen MR) is 107 cm³/mol. The number of likely N-dealkylation sites (tertiary alicyclic amines) is 1. The van der Waals surface area contributed by atoms with Gasteiger partial charge in [0, 0.05) is 29.0 Å². The molecular formula is C21H24BrNO3. The summed E-state index contributed by atoms with van der Waals surface area (Å²) in [7, 11) is 0. The number of ketones is 1. The van der Waals surface area contributed by atoms with E-state index in [1.807, 2.05) is 57.2 Å². The van der Waals surface area contributed by atoms with Crippen molar-refractivity contribution in [3.8, 4) is 0 Å². The van der Waals surface area contributed by atoms with Gasteiger partial charge in [-0.25, -0.2) is 4.79 Å². The van der Waals surface area contributed by atoms with E-state index < -0.39 is 5.60 Å². The fourth-order valence-electron chi connectivity index (χ4n) is 3.29. The van der Waals surface area contributed by atoms with E-state index in [0.29, 0.717) is 18.7 Å². The number of ether oxygens (including phenoxy) is 1. The second kappa shape index (κ2) is 7.39. The summed E-state index contributed by atoms with van der Waals surface area (Å²) < 4.78 is 6.47. The average molecular weight is 418 g/mol. The van der Waals surface area contributed by atoms with E-state index in [9.17, 15) is 9.59 Å². The van der Waals surface area contributed by atoms with Crippen LogP contribution in [0.3, 0.4) is 0 Å². The Bertz CT molecular complexity index is 841. The minimum absolute atomic E-state index is 0.100. The molecule has 26 heavy (non-hydrogen) atoms. The number of carbonyl (C=O) groups excluding carboxylic acids is 2. The van der Waals surface area contributed by atoms with Crippen molar-refractivity contribution in [2.45, 2.75) is 39.2 Å². The maximum Gasteiger partial charge on any atom is 0.410 e. The summed E-state index contributed by atoms with van der Waals surface area (Å²) in [5.74, 6) is -0.0766. The monoisotopic (exact) mass is 417 g/mol. The van der Waals surface area contributed by atoms with Gasteiger partial charge in [-0.2, -0.15) is 0 Å². The number of fused-ring (bicyclic) bond motifs is 1. The predicted octanol–water partition coefficient (Wildman–Crippen LogP) is 5.43. The standard InChI is InChI=1S/C21H24BrNO3/c1-21(2,3)26-20(25)23-10-4-5-17(13-23)19(24)16-7-6-15-12-18(22)9-8-14(15)11-16/h6-9,11-12,17H,4-5,10,13H2,1-3H3. The molecule has 1 heterocycles. The maximum absolute atomic E-state index is 13.0. The van der Waals surface area contributed by atoms with Crippen LogP contribution in [0.1, 0.15) is 44.0 Å². The van der Waals surface area contributed by atoms with Crippen molar-refractivity contribution in [1.82, 2.24) is 4.90 Å². The van der Waals surface area contributed by atoms with E-state index in [1.165, 1.54) is 0 Å². The fourth-order valence-corrected chi connectivity index (χ4v) is 3.67. The normalized spacial score (nSPS) is 18.0. The van der Waals surface area contributed by atoms with Crippen LogP contribution in [0.2, 0.25) is 0 Å². The molecule has 138 valence electrons. The molecule has 1 atom stereocenters. The molecule has 0 aliphatic carbocycles. The van der Waals surface area contributed by atoms with Gasteiger partial charge in [0.1, 0.15) is 5.60 Å². The number of rotatable bonds is 2. The molecular weight excluding hydrogens is 394 g/mol. The third kappa shape index (κ3) is 4.44. The number of hydrogen-bond donors (Lipinski definition) is 0. The van der Waals surface area contributed by atoms with Crippen LogP contribution in [-0.2, 0) is 4.74 Å². The largest absolute Gasteiger partial charge is 0.444 e. The molecule has 4 nitrogen and oxygen atoms in total. The lowest BCUT2D eigenvalue weighted by Gasteiger charge is -2.33. The van der Waals surface area contributed by atoms with Crippen molar-refractivity contribution in [1.29, 1.82) is 0 Å². The smallest absolute Gasteiger partial charge is 0.410 e.